The molecule has 9 heteroatoms. The molecular formula is C28H29N5O3S. The minimum Gasteiger partial charge on any atom is -0.383 e. The molecule has 5 rings (SSSR count). The molecule has 4 aromatic rings. The summed E-state index contributed by atoms with van der Waals surface area (Å²) in [6.07, 6.45) is 4.77. The van der Waals surface area contributed by atoms with E-state index in [1.54, 1.807) is 19.1 Å². The number of benzene rings is 2. The molecule has 0 unspecified atom stereocenters. The van der Waals surface area contributed by atoms with Gasteiger partial charge in [-0.1, -0.05) is 43.7 Å². The first-order chi connectivity index (χ1) is 17.7. The number of carbonyl (C=O) groups excluding carboxylic acids is 1. The van der Waals surface area contributed by atoms with Gasteiger partial charge in [0.2, 0.25) is 0 Å². The van der Waals surface area contributed by atoms with Gasteiger partial charge in [0.1, 0.15) is 17.8 Å². The van der Waals surface area contributed by atoms with Gasteiger partial charge >= 0.3 is 0 Å². The van der Waals surface area contributed by atoms with E-state index >= 15 is 0 Å². The van der Waals surface area contributed by atoms with Crippen molar-refractivity contribution in [3.8, 4) is 22.4 Å². The van der Waals surface area contributed by atoms with E-state index in [9.17, 15) is 13.2 Å². The normalized spacial score (nSPS) is 14.2. The zero-order valence-electron chi connectivity index (χ0n) is 20.9. The Morgan fingerprint density at radius 2 is 1.65 bits per heavy atom. The monoisotopic (exact) mass is 515 g/mol. The van der Waals surface area contributed by atoms with Crippen LogP contribution in [0.15, 0.2) is 71.9 Å². The molecule has 0 bridgehead atoms. The third kappa shape index (κ3) is 4.40. The molecular weight excluding hydrogens is 486 g/mol. The zero-order chi connectivity index (χ0) is 26.3. The summed E-state index contributed by atoms with van der Waals surface area (Å²) < 4.78 is 28.2. The van der Waals surface area contributed by atoms with E-state index in [1.807, 2.05) is 48.0 Å². The van der Waals surface area contributed by atoms with Gasteiger partial charge in [0.25, 0.3) is 5.91 Å². The van der Waals surface area contributed by atoms with Crippen molar-refractivity contribution in [2.45, 2.75) is 42.8 Å². The van der Waals surface area contributed by atoms with Gasteiger partial charge < -0.3 is 15.6 Å². The van der Waals surface area contributed by atoms with Gasteiger partial charge in [0, 0.05) is 23.9 Å². The summed E-state index contributed by atoms with van der Waals surface area (Å²) in [5.41, 5.74) is 11.4. The number of nitrogens with one attached hydrogen (secondary N) is 1. The van der Waals surface area contributed by atoms with Crippen molar-refractivity contribution in [3.63, 3.8) is 0 Å². The maximum Gasteiger partial charge on any atom is 0.250 e. The topological polar surface area (TPSA) is 120 Å². The molecule has 0 aliphatic heterocycles. The highest BCUT2D eigenvalue weighted by atomic mass is 32.2. The number of rotatable bonds is 6. The van der Waals surface area contributed by atoms with E-state index in [2.05, 4.69) is 21.9 Å². The van der Waals surface area contributed by atoms with Crippen molar-refractivity contribution in [1.29, 1.82) is 0 Å². The molecule has 0 saturated heterocycles. The maximum absolute atomic E-state index is 13.1. The standard InChI is InChI=1S/C28H29N5O3S/c1-17(2)28(34)32-20-12-8-19(9-13-20)25-23(24-26(29)30-16-31-27(24)33(25)3)18-10-14-22(15-11-18)37(35,36)21-6-4-5-7-21/h8-16,21H,1,4-7H2,2-3H3,(H,32,34)(H2,29,30,31). The molecule has 1 fully saturated rings. The van der Waals surface area contributed by atoms with E-state index in [0.29, 0.717) is 45.8 Å². The summed E-state index contributed by atoms with van der Waals surface area (Å²) in [5.74, 6) is 0.101. The summed E-state index contributed by atoms with van der Waals surface area (Å²) in [4.78, 5) is 21.0. The fourth-order valence-corrected chi connectivity index (χ4v) is 6.90. The van der Waals surface area contributed by atoms with Gasteiger partial charge in [0.15, 0.2) is 9.84 Å². The number of amides is 1. The molecule has 0 atom stereocenters. The SMILES string of the molecule is C=C(C)C(=O)Nc1ccc(-c2c(-c3ccc(S(=O)(=O)C4CCCC4)cc3)c3c(N)ncnc3n2C)cc1. The number of sulfone groups is 1. The first-order valence-electron chi connectivity index (χ1n) is 12.2. The zero-order valence-corrected chi connectivity index (χ0v) is 21.7. The van der Waals surface area contributed by atoms with Crippen LogP contribution in [-0.4, -0.2) is 34.1 Å². The van der Waals surface area contributed by atoms with Gasteiger partial charge in [-0.2, -0.15) is 0 Å². The fourth-order valence-electron chi connectivity index (χ4n) is 5.05. The molecule has 1 aliphatic rings. The Bertz CT molecular complexity index is 1620. The summed E-state index contributed by atoms with van der Waals surface area (Å²) in [6.45, 7) is 5.33. The molecule has 0 spiro atoms. The van der Waals surface area contributed by atoms with Gasteiger partial charge in [-0.3, -0.25) is 4.79 Å². The van der Waals surface area contributed by atoms with E-state index in [1.165, 1.54) is 6.33 Å². The third-order valence-corrected chi connectivity index (χ3v) is 9.29. The lowest BCUT2D eigenvalue weighted by molar-refractivity contribution is -0.112. The predicted octanol–water partition coefficient (Wildman–Crippen LogP) is 5.12. The van der Waals surface area contributed by atoms with E-state index in [0.717, 1.165) is 35.2 Å². The van der Waals surface area contributed by atoms with E-state index < -0.39 is 9.84 Å². The van der Waals surface area contributed by atoms with Gasteiger partial charge in [-0.05, 0) is 55.2 Å². The van der Waals surface area contributed by atoms with Crippen LogP contribution in [0.4, 0.5) is 11.5 Å². The number of nitrogen functional groups attached to an aromatic ring is 1. The lowest BCUT2D eigenvalue weighted by Crippen LogP contribution is -2.17. The van der Waals surface area contributed by atoms with Crippen LogP contribution in [0.3, 0.4) is 0 Å². The number of nitrogens with two attached hydrogens (primary N) is 1. The number of aromatic nitrogens is 3. The summed E-state index contributed by atoms with van der Waals surface area (Å²) in [6, 6.07) is 14.5. The molecule has 1 amide bonds. The number of aryl methyl sites for hydroxylation is 1. The lowest BCUT2D eigenvalue weighted by Gasteiger charge is -2.13. The van der Waals surface area contributed by atoms with Crippen LogP contribution in [-0.2, 0) is 21.7 Å². The molecule has 2 aromatic heterocycles. The van der Waals surface area contributed by atoms with Crippen molar-refractivity contribution >= 4 is 38.3 Å². The van der Waals surface area contributed by atoms with Crippen LogP contribution in [0.1, 0.15) is 32.6 Å². The van der Waals surface area contributed by atoms with Crippen molar-refractivity contribution < 1.29 is 13.2 Å². The molecule has 2 heterocycles. The molecule has 2 aromatic carbocycles. The smallest absolute Gasteiger partial charge is 0.250 e. The Kier molecular flexibility index (Phi) is 6.33. The number of hydrogen-bond acceptors (Lipinski definition) is 6. The van der Waals surface area contributed by atoms with Gasteiger partial charge in [-0.15, -0.1) is 0 Å². The Morgan fingerprint density at radius 3 is 2.27 bits per heavy atom. The van der Waals surface area contributed by atoms with Crippen LogP contribution < -0.4 is 11.1 Å². The second-order valence-electron chi connectivity index (χ2n) is 9.53. The number of carbonyl (C=O) groups is 1. The Balaban J connectivity index is 1.62. The van der Waals surface area contributed by atoms with Crippen molar-refractivity contribution in [1.82, 2.24) is 14.5 Å². The largest absolute Gasteiger partial charge is 0.383 e. The second kappa shape index (κ2) is 9.48. The first kappa shape index (κ1) is 24.7. The molecule has 1 aliphatic carbocycles. The summed E-state index contributed by atoms with van der Waals surface area (Å²) in [5, 5.41) is 3.21. The highest BCUT2D eigenvalue weighted by molar-refractivity contribution is 7.92. The fraction of sp³-hybridized carbons (Fsp3) is 0.250. The number of nitrogens with zero attached hydrogens (tertiary/aromatic N) is 3. The molecule has 0 radical (unpaired) electrons. The van der Waals surface area contributed by atoms with Gasteiger partial charge in [-0.25, -0.2) is 18.4 Å². The first-order valence-corrected chi connectivity index (χ1v) is 13.7. The average molecular weight is 516 g/mol. The number of anilines is 2. The third-order valence-electron chi connectivity index (χ3n) is 7.01. The summed E-state index contributed by atoms with van der Waals surface area (Å²) in [7, 11) is -1.46. The van der Waals surface area contributed by atoms with Crippen LogP contribution in [0.5, 0.6) is 0 Å². The van der Waals surface area contributed by atoms with Crippen molar-refractivity contribution in [2.75, 3.05) is 11.1 Å². The van der Waals surface area contributed by atoms with Gasteiger partial charge in [0.05, 0.1) is 21.2 Å². The van der Waals surface area contributed by atoms with E-state index in [-0.39, 0.29) is 11.2 Å². The average Bonchev–Trinajstić information content (AvgIpc) is 3.53. The number of fused-ring (bicyclic) bond motifs is 1. The molecule has 8 nitrogen and oxygen atoms in total. The van der Waals surface area contributed by atoms with Crippen molar-refractivity contribution in [3.05, 3.63) is 67.0 Å². The minimum atomic E-state index is -3.36. The number of hydrogen-bond donors (Lipinski definition) is 2. The summed E-state index contributed by atoms with van der Waals surface area (Å²) >= 11 is 0. The van der Waals surface area contributed by atoms with Crippen LogP contribution in [0, 0.1) is 0 Å². The highest BCUT2D eigenvalue weighted by Crippen LogP contribution is 2.42. The maximum atomic E-state index is 13.1. The Hall–Kier alpha value is -3.98. The lowest BCUT2D eigenvalue weighted by atomic mass is 9.98. The van der Waals surface area contributed by atoms with Crippen LogP contribution in [0.25, 0.3) is 33.4 Å². The molecule has 3 N–H and O–H groups in total. The van der Waals surface area contributed by atoms with E-state index in [4.69, 9.17) is 5.73 Å². The Morgan fingerprint density at radius 1 is 1.03 bits per heavy atom. The van der Waals surface area contributed by atoms with Crippen LogP contribution >= 0.6 is 0 Å². The molecule has 37 heavy (non-hydrogen) atoms. The van der Waals surface area contributed by atoms with Crippen molar-refractivity contribution in [2.24, 2.45) is 7.05 Å². The second-order valence-corrected chi connectivity index (χ2v) is 11.8. The predicted molar refractivity (Wildman–Crippen MR) is 147 cm³/mol. The van der Waals surface area contributed by atoms with Crippen LogP contribution in [0.2, 0.25) is 0 Å². The Labute approximate surface area is 216 Å². The molecule has 1 saturated carbocycles. The minimum absolute atomic E-state index is 0.242. The quantitative estimate of drug-likeness (QED) is 0.344. The molecule has 190 valence electrons. The highest BCUT2D eigenvalue weighted by Gasteiger charge is 2.30.